The highest BCUT2D eigenvalue weighted by molar-refractivity contribution is 7.80. The van der Waals surface area contributed by atoms with E-state index in [0.29, 0.717) is 17.5 Å². The minimum Gasteiger partial charge on any atom is -0.358 e. The monoisotopic (exact) mass is 408 g/mol. The van der Waals surface area contributed by atoms with E-state index < -0.39 is 35.4 Å². The number of nitrogens with zero attached hydrogens (tertiary/aromatic N) is 2. The number of hydrogen-bond acceptors (Lipinski definition) is 2. The standard InChI is InChI=1S/C19H16F4N4S/c1-11-2-4-12(5-3-11)9-24-19(28)25-16-6-7-27(26-16)10-13-17(22)14(20)8-15(21)18(13)23/h2-8H,9-10H2,1H3,(H2,24,25,26,28). The predicted molar refractivity (Wildman–Crippen MR) is 102 cm³/mol. The largest absolute Gasteiger partial charge is 0.358 e. The average molecular weight is 408 g/mol. The SMILES string of the molecule is Cc1ccc(CNC(=S)Nc2ccn(Cc3c(F)c(F)cc(F)c3F)n2)cc1. The van der Waals surface area contributed by atoms with Crippen LogP contribution in [0.4, 0.5) is 23.4 Å². The van der Waals surface area contributed by atoms with Crippen molar-refractivity contribution in [3.8, 4) is 0 Å². The van der Waals surface area contributed by atoms with Crippen LogP contribution in [0.15, 0.2) is 42.6 Å². The molecule has 0 bridgehead atoms. The van der Waals surface area contributed by atoms with E-state index in [0.717, 1.165) is 15.8 Å². The highest BCUT2D eigenvalue weighted by atomic mass is 32.1. The molecule has 0 spiro atoms. The van der Waals surface area contributed by atoms with Gasteiger partial charge in [-0.15, -0.1) is 0 Å². The molecule has 0 aliphatic rings. The first kappa shape index (κ1) is 19.8. The summed E-state index contributed by atoms with van der Waals surface area (Å²) in [6.07, 6.45) is 1.41. The lowest BCUT2D eigenvalue weighted by Gasteiger charge is -2.09. The molecular weight excluding hydrogens is 392 g/mol. The molecule has 3 aromatic rings. The van der Waals surface area contributed by atoms with Crippen molar-refractivity contribution in [2.75, 3.05) is 5.32 Å². The summed E-state index contributed by atoms with van der Waals surface area (Å²) in [6.45, 7) is 2.03. The van der Waals surface area contributed by atoms with Crippen LogP contribution in [0.25, 0.3) is 0 Å². The zero-order chi connectivity index (χ0) is 20.3. The summed E-state index contributed by atoms with van der Waals surface area (Å²) in [6, 6.07) is 9.61. The predicted octanol–water partition coefficient (Wildman–Crippen LogP) is 4.28. The number of hydrogen-bond donors (Lipinski definition) is 2. The molecule has 0 fully saturated rings. The third-order valence-corrected chi connectivity index (χ3v) is 4.23. The van der Waals surface area contributed by atoms with Crippen LogP contribution in [0, 0.1) is 30.2 Å². The fraction of sp³-hybridized carbons (Fsp3) is 0.158. The van der Waals surface area contributed by atoms with Crippen LogP contribution in [0.3, 0.4) is 0 Å². The molecule has 0 unspecified atom stereocenters. The van der Waals surface area contributed by atoms with Gasteiger partial charge in [0.25, 0.3) is 0 Å². The number of aromatic nitrogens is 2. The number of aryl methyl sites for hydroxylation is 1. The van der Waals surface area contributed by atoms with Crippen LogP contribution in [0.2, 0.25) is 0 Å². The van der Waals surface area contributed by atoms with E-state index >= 15 is 0 Å². The van der Waals surface area contributed by atoms with Crippen molar-refractivity contribution in [2.45, 2.75) is 20.0 Å². The minimum absolute atomic E-state index is 0.169. The van der Waals surface area contributed by atoms with E-state index in [2.05, 4.69) is 15.7 Å². The highest BCUT2D eigenvalue weighted by Crippen LogP contribution is 2.20. The summed E-state index contributed by atoms with van der Waals surface area (Å²) in [5.41, 5.74) is 1.45. The lowest BCUT2D eigenvalue weighted by Crippen LogP contribution is -2.28. The molecule has 0 radical (unpaired) electrons. The van der Waals surface area contributed by atoms with E-state index in [1.165, 1.54) is 12.3 Å². The molecule has 9 heteroatoms. The smallest absolute Gasteiger partial charge is 0.172 e. The summed E-state index contributed by atoms with van der Waals surface area (Å²) in [5, 5.41) is 10.2. The Kier molecular flexibility index (Phi) is 5.93. The van der Waals surface area contributed by atoms with Crippen molar-refractivity contribution < 1.29 is 17.6 Å². The average Bonchev–Trinajstić information content (AvgIpc) is 3.10. The molecule has 3 rings (SSSR count). The normalized spacial score (nSPS) is 10.8. The maximum absolute atomic E-state index is 13.8. The Morgan fingerprint density at radius 2 is 1.68 bits per heavy atom. The maximum Gasteiger partial charge on any atom is 0.172 e. The van der Waals surface area contributed by atoms with Crippen molar-refractivity contribution in [1.82, 2.24) is 15.1 Å². The van der Waals surface area contributed by atoms with Crippen LogP contribution in [-0.2, 0) is 13.1 Å². The van der Waals surface area contributed by atoms with Gasteiger partial charge in [0.05, 0.1) is 12.1 Å². The third kappa shape index (κ3) is 4.66. The van der Waals surface area contributed by atoms with Gasteiger partial charge in [0.1, 0.15) is 0 Å². The Labute approximate surface area is 164 Å². The number of thiocarbonyl (C=S) groups is 1. The topological polar surface area (TPSA) is 41.9 Å². The van der Waals surface area contributed by atoms with Gasteiger partial charge < -0.3 is 10.6 Å². The second-order valence-corrected chi connectivity index (χ2v) is 6.55. The summed E-state index contributed by atoms with van der Waals surface area (Å²) in [5.74, 6) is -5.49. The molecule has 0 saturated carbocycles. The Bertz CT molecular complexity index is 976. The van der Waals surface area contributed by atoms with Gasteiger partial charge in [0, 0.05) is 24.9 Å². The number of anilines is 1. The second-order valence-electron chi connectivity index (χ2n) is 6.14. The van der Waals surface area contributed by atoms with E-state index in [1.807, 2.05) is 31.2 Å². The first-order chi connectivity index (χ1) is 13.3. The van der Waals surface area contributed by atoms with Crippen LogP contribution >= 0.6 is 12.2 Å². The Morgan fingerprint density at radius 3 is 2.32 bits per heavy atom. The van der Waals surface area contributed by atoms with Gasteiger partial charge in [0.2, 0.25) is 0 Å². The van der Waals surface area contributed by atoms with E-state index in [9.17, 15) is 17.6 Å². The van der Waals surface area contributed by atoms with Crippen molar-refractivity contribution in [3.05, 3.63) is 82.6 Å². The molecule has 146 valence electrons. The maximum atomic E-state index is 13.8. The molecule has 0 amide bonds. The third-order valence-electron chi connectivity index (χ3n) is 3.98. The Hall–Kier alpha value is -2.94. The summed E-state index contributed by atoms with van der Waals surface area (Å²) in [7, 11) is 0. The zero-order valence-corrected chi connectivity index (χ0v) is 15.6. The molecular formula is C19H16F4N4S. The van der Waals surface area contributed by atoms with Gasteiger partial charge in [-0.2, -0.15) is 5.10 Å². The Balaban J connectivity index is 1.61. The fourth-order valence-corrected chi connectivity index (χ4v) is 2.67. The van der Waals surface area contributed by atoms with E-state index in [-0.39, 0.29) is 6.07 Å². The van der Waals surface area contributed by atoms with Crippen LogP contribution < -0.4 is 10.6 Å². The van der Waals surface area contributed by atoms with Gasteiger partial charge >= 0.3 is 0 Å². The molecule has 0 aliphatic carbocycles. The molecule has 28 heavy (non-hydrogen) atoms. The number of nitrogens with one attached hydrogen (secondary N) is 2. The van der Waals surface area contributed by atoms with Crippen LogP contribution in [0.5, 0.6) is 0 Å². The fourth-order valence-electron chi connectivity index (χ4n) is 2.49. The van der Waals surface area contributed by atoms with Gasteiger partial charge in [-0.3, -0.25) is 4.68 Å². The summed E-state index contributed by atoms with van der Waals surface area (Å²) >= 11 is 5.19. The first-order valence-electron chi connectivity index (χ1n) is 8.29. The molecule has 1 heterocycles. The zero-order valence-electron chi connectivity index (χ0n) is 14.8. The molecule has 0 atom stereocenters. The van der Waals surface area contributed by atoms with E-state index in [1.54, 1.807) is 0 Å². The van der Waals surface area contributed by atoms with Crippen molar-refractivity contribution >= 4 is 23.1 Å². The van der Waals surface area contributed by atoms with Crippen molar-refractivity contribution in [3.63, 3.8) is 0 Å². The number of halogens is 4. The second kappa shape index (κ2) is 8.39. The van der Waals surface area contributed by atoms with Gasteiger partial charge in [-0.1, -0.05) is 29.8 Å². The molecule has 0 saturated heterocycles. The first-order valence-corrected chi connectivity index (χ1v) is 8.70. The molecule has 1 aromatic heterocycles. The van der Waals surface area contributed by atoms with Crippen molar-refractivity contribution in [1.29, 1.82) is 0 Å². The van der Waals surface area contributed by atoms with Gasteiger partial charge in [-0.05, 0) is 24.7 Å². The van der Waals surface area contributed by atoms with Crippen LogP contribution in [-0.4, -0.2) is 14.9 Å². The quantitative estimate of drug-likeness (QED) is 0.376. The minimum atomic E-state index is -1.46. The molecule has 4 nitrogen and oxygen atoms in total. The molecule has 2 aromatic carbocycles. The molecule has 2 N–H and O–H groups in total. The Morgan fingerprint density at radius 1 is 1.04 bits per heavy atom. The van der Waals surface area contributed by atoms with Crippen molar-refractivity contribution in [2.24, 2.45) is 0 Å². The lowest BCUT2D eigenvalue weighted by molar-refractivity contribution is 0.431. The lowest BCUT2D eigenvalue weighted by atomic mass is 10.1. The number of rotatable bonds is 5. The summed E-state index contributed by atoms with van der Waals surface area (Å²) in [4.78, 5) is 0. The van der Waals surface area contributed by atoms with E-state index in [4.69, 9.17) is 12.2 Å². The number of benzene rings is 2. The van der Waals surface area contributed by atoms with Gasteiger partial charge in [0.15, 0.2) is 34.2 Å². The summed E-state index contributed by atoms with van der Waals surface area (Å²) < 4.78 is 55.3. The molecule has 0 aliphatic heterocycles. The van der Waals surface area contributed by atoms with Gasteiger partial charge in [-0.25, -0.2) is 17.6 Å². The van der Waals surface area contributed by atoms with Crippen LogP contribution in [0.1, 0.15) is 16.7 Å². The highest BCUT2D eigenvalue weighted by Gasteiger charge is 2.19.